The van der Waals surface area contributed by atoms with Gasteiger partial charge in [-0.2, -0.15) is 0 Å². The number of ether oxygens (including phenoxy) is 1. The summed E-state index contributed by atoms with van der Waals surface area (Å²) in [5.74, 6) is 0. The maximum absolute atomic E-state index is 6.30. The lowest BCUT2D eigenvalue weighted by molar-refractivity contribution is -0.123. The molecule has 0 aliphatic heterocycles. The smallest absolute Gasteiger partial charge is 0.187 e. The van der Waals surface area contributed by atoms with Gasteiger partial charge in [-0.1, -0.05) is 60.1 Å². The Balaban J connectivity index is 2.04. The van der Waals surface area contributed by atoms with E-state index in [4.69, 9.17) is 20.8 Å². The molecule has 2 aromatic rings. The predicted octanol–water partition coefficient (Wildman–Crippen LogP) is 6.23. The fourth-order valence-electron chi connectivity index (χ4n) is 2.58. The molecular formula is C20H27ClO2Si. The van der Waals surface area contributed by atoms with Crippen LogP contribution in [-0.2, 0) is 15.6 Å². The van der Waals surface area contributed by atoms with E-state index >= 15 is 0 Å². The molecule has 0 radical (unpaired) electrons. The first-order valence-corrected chi connectivity index (χ1v) is 12.3. The largest absolute Gasteiger partial charge is 0.393 e. The molecule has 0 heterocycles. The molecule has 2 atom stereocenters. The number of hydrogen-bond donors (Lipinski definition) is 0. The molecule has 0 bridgehead atoms. The van der Waals surface area contributed by atoms with Gasteiger partial charge in [0.25, 0.3) is 0 Å². The molecule has 0 saturated heterocycles. The maximum atomic E-state index is 6.30. The van der Waals surface area contributed by atoms with Crippen molar-refractivity contribution in [1.82, 2.24) is 0 Å². The normalized spacial score (nSPS) is 14.4. The Kier molecular flexibility index (Phi) is 7.05. The van der Waals surface area contributed by atoms with Crippen molar-refractivity contribution in [2.75, 3.05) is 0 Å². The number of aryl methyl sites for hydroxylation is 1. The second-order valence-electron chi connectivity index (χ2n) is 6.98. The lowest BCUT2D eigenvalue weighted by atomic mass is 10.1. The first-order chi connectivity index (χ1) is 11.3. The monoisotopic (exact) mass is 362 g/mol. The van der Waals surface area contributed by atoms with Crippen molar-refractivity contribution in [1.29, 1.82) is 0 Å². The van der Waals surface area contributed by atoms with Crippen LogP contribution in [0.15, 0.2) is 54.6 Å². The lowest BCUT2D eigenvalue weighted by Gasteiger charge is -2.29. The molecule has 0 amide bonds. The standard InChI is InChI=1S/C20H27ClO2Si/c1-16(18-12-8-9-13-19(18)21)22-20(23-24(2,3)4)15-14-17-10-6-5-7-11-17/h5-13,16,20H,14-15H2,1-4H3/t16-,20?/m1/s1. The van der Waals surface area contributed by atoms with Gasteiger partial charge in [0.2, 0.25) is 0 Å². The Morgan fingerprint density at radius 1 is 0.958 bits per heavy atom. The van der Waals surface area contributed by atoms with Crippen LogP contribution < -0.4 is 0 Å². The van der Waals surface area contributed by atoms with Gasteiger partial charge >= 0.3 is 0 Å². The van der Waals surface area contributed by atoms with Gasteiger partial charge < -0.3 is 9.16 Å². The number of hydrogen-bond acceptors (Lipinski definition) is 2. The summed E-state index contributed by atoms with van der Waals surface area (Å²) in [6.45, 7) is 8.59. The number of rotatable bonds is 8. The van der Waals surface area contributed by atoms with Crippen LogP contribution >= 0.6 is 11.6 Å². The minimum absolute atomic E-state index is 0.101. The Bertz CT molecular complexity index is 625. The van der Waals surface area contributed by atoms with E-state index in [1.807, 2.05) is 37.3 Å². The van der Waals surface area contributed by atoms with Crippen LogP contribution in [0.2, 0.25) is 24.7 Å². The van der Waals surface area contributed by atoms with Gasteiger partial charge in [-0.05, 0) is 50.2 Å². The van der Waals surface area contributed by atoms with Crippen molar-refractivity contribution in [2.24, 2.45) is 0 Å². The third-order valence-corrected chi connectivity index (χ3v) is 5.01. The molecule has 2 nitrogen and oxygen atoms in total. The molecule has 0 N–H and O–H groups in total. The van der Waals surface area contributed by atoms with E-state index in [2.05, 4.69) is 43.9 Å². The zero-order valence-corrected chi connectivity index (χ0v) is 16.7. The second-order valence-corrected chi connectivity index (χ2v) is 11.9. The van der Waals surface area contributed by atoms with Gasteiger partial charge in [-0.3, -0.25) is 0 Å². The summed E-state index contributed by atoms with van der Waals surface area (Å²) in [6, 6.07) is 18.3. The van der Waals surface area contributed by atoms with Crippen LogP contribution in [0.3, 0.4) is 0 Å². The molecule has 0 aliphatic carbocycles. The Labute approximate surface area is 151 Å². The molecule has 2 rings (SSSR count). The van der Waals surface area contributed by atoms with Crippen LogP contribution in [0.4, 0.5) is 0 Å². The molecule has 0 aromatic heterocycles. The highest BCUT2D eigenvalue weighted by molar-refractivity contribution is 6.69. The third kappa shape index (κ3) is 6.40. The second kappa shape index (κ2) is 8.81. The molecule has 1 unspecified atom stereocenters. The van der Waals surface area contributed by atoms with Gasteiger partial charge in [0.1, 0.15) is 6.29 Å². The molecule has 0 fully saturated rings. The minimum atomic E-state index is -1.70. The predicted molar refractivity (Wildman–Crippen MR) is 104 cm³/mol. The van der Waals surface area contributed by atoms with E-state index in [0.717, 1.165) is 23.4 Å². The quantitative estimate of drug-likeness (QED) is 0.409. The van der Waals surface area contributed by atoms with E-state index in [9.17, 15) is 0 Å². The maximum Gasteiger partial charge on any atom is 0.187 e. The van der Waals surface area contributed by atoms with Crippen LogP contribution in [0.25, 0.3) is 0 Å². The summed E-state index contributed by atoms with van der Waals surface area (Å²) in [5, 5.41) is 0.736. The van der Waals surface area contributed by atoms with Crippen molar-refractivity contribution in [3.05, 3.63) is 70.7 Å². The van der Waals surface area contributed by atoms with E-state index in [0.29, 0.717) is 0 Å². The lowest BCUT2D eigenvalue weighted by Crippen LogP contribution is -2.34. The molecule has 4 heteroatoms. The topological polar surface area (TPSA) is 18.5 Å². The fourth-order valence-corrected chi connectivity index (χ4v) is 3.84. The highest BCUT2D eigenvalue weighted by atomic mass is 35.5. The fraction of sp³-hybridized carbons (Fsp3) is 0.400. The molecule has 0 spiro atoms. The Morgan fingerprint density at radius 3 is 2.21 bits per heavy atom. The average Bonchev–Trinajstić information content (AvgIpc) is 2.52. The van der Waals surface area contributed by atoms with Crippen molar-refractivity contribution in [3.8, 4) is 0 Å². The van der Waals surface area contributed by atoms with E-state index in [1.165, 1.54) is 5.56 Å². The van der Waals surface area contributed by atoms with Crippen LogP contribution in [0.1, 0.15) is 30.6 Å². The van der Waals surface area contributed by atoms with Crippen LogP contribution in [-0.4, -0.2) is 14.6 Å². The Morgan fingerprint density at radius 2 is 1.58 bits per heavy atom. The Hall–Kier alpha value is -1.13. The minimum Gasteiger partial charge on any atom is -0.393 e. The van der Waals surface area contributed by atoms with Crippen molar-refractivity contribution in [3.63, 3.8) is 0 Å². The molecule has 24 heavy (non-hydrogen) atoms. The zero-order chi connectivity index (χ0) is 17.6. The van der Waals surface area contributed by atoms with Crippen molar-refractivity contribution in [2.45, 2.75) is 51.8 Å². The SMILES string of the molecule is C[C@@H](OC(CCc1ccccc1)O[Si](C)(C)C)c1ccccc1Cl. The van der Waals surface area contributed by atoms with Crippen molar-refractivity contribution >= 4 is 19.9 Å². The highest BCUT2D eigenvalue weighted by Gasteiger charge is 2.24. The van der Waals surface area contributed by atoms with Gasteiger partial charge in [0.05, 0.1) is 6.10 Å². The van der Waals surface area contributed by atoms with Crippen LogP contribution in [0, 0.1) is 0 Å². The summed E-state index contributed by atoms with van der Waals surface area (Å²) in [5.41, 5.74) is 2.30. The summed E-state index contributed by atoms with van der Waals surface area (Å²) in [4.78, 5) is 0. The first kappa shape index (κ1) is 19.2. The molecule has 2 aromatic carbocycles. The van der Waals surface area contributed by atoms with Gasteiger partial charge in [0.15, 0.2) is 8.32 Å². The summed E-state index contributed by atoms with van der Waals surface area (Å²) < 4.78 is 12.5. The van der Waals surface area contributed by atoms with Crippen LogP contribution in [0.5, 0.6) is 0 Å². The first-order valence-electron chi connectivity index (χ1n) is 8.47. The molecule has 0 saturated carbocycles. The molecule has 0 aliphatic rings. The summed E-state index contributed by atoms with van der Waals surface area (Å²) >= 11 is 6.30. The number of benzene rings is 2. The van der Waals surface area contributed by atoms with E-state index in [1.54, 1.807) is 0 Å². The number of halogens is 1. The summed E-state index contributed by atoms with van der Waals surface area (Å²) in [6.07, 6.45) is 1.45. The van der Waals surface area contributed by atoms with E-state index < -0.39 is 8.32 Å². The highest BCUT2D eigenvalue weighted by Crippen LogP contribution is 2.28. The third-order valence-electron chi connectivity index (χ3n) is 3.70. The van der Waals surface area contributed by atoms with E-state index in [-0.39, 0.29) is 12.4 Å². The molecular weight excluding hydrogens is 336 g/mol. The summed E-state index contributed by atoms with van der Waals surface area (Å²) in [7, 11) is -1.70. The van der Waals surface area contributed by atoms with Gasteiger partial charge in [-0.15, -0.1) is 0 Å². The molecule has 130 valence electrons. The zero-order valence-electron chi connectivity index (χ0n) is 15.0. The van der Waals surface area contributed by atoms with Gasteiger partial charge in [-0.25, -0.2) is 0 Å². The average molecular weight is 363 g/mol. The van der Waals surface area contributed by atoms with Crippen molar-refractivity contribution < 1.29 is 9.16 Å². The van der Waals surface area contributed by atoms with Gasteiger partial charge in [0, 0.05) is 11.4 Å².